The summed E-state index contributed by atoms with van der Waals surface area (Å²) >= 11 is 6.07. The molecule has 0 saturated heterocycles. The Morgan fingerprint density at radius 3 is 2.00 bits per heavy atom. The molecule has 0 bridgehead atoms. The van der Waals surface area contributed by atoms with Crippen molar-refractivity contribution in [1.82, 2.24) is 10.2 Å². The SMILES string of the molecule is CCC(C)NC(=O)C(Cc1ccccc1)N(Cc1ccccc1)C(=O)CN(c1ccc(C)c(C)c1)S(=O)(=O)c1ccc(Cl)cc1. The maximum atomic E-state index is 14.5. The van der Waals surface area contributed by atoms with Crippen molar-refractivity contribution in [3.8, 4) is 0 Å². The molecule has 0 aliphatic carbocycles. The molecular weight excluding hydrogens is 606 g/mol. The van der Waals surface area contributed by atoms with Crippen molar-refractivity contribution in [3.63, 3.8) is 0 Å². The van der Waals surface area contributed by atoms with Gasteiger partial charge in [0.25, 0.3) is 10.0 Å². The van der Waals surface area contributed by atoms with Crippen LogP contribution in [0.25, 0.3) is 0 Å². The number of hydrogen-bond donors (Lipinski definition) is 1. The molecule has 2 atom stereocenters. The number of aryl methyl sites for hydroxylation is 2. The molecule has 0 aromatic heterocycles. The van der Waals surface area contributed by atoms with Crippen LogP contribution in [0.2, 0.25) is 5.02 Å². The van der Waals surface area contributed by atoms with Gasteiger partial charge in [0, 0.05) is 24.0 Å². The van der Waals surface area contributed by atoms with Crippen molar-refractivity contribution >= 4 is 39.1 Å². The smallest absolute Gasteiger partial charge is 0.264 e. The summed E-state index contributed by atoms with van der Waals surface area (Å²) in [6.07, 6.45) is 0.978. The zero-order chi connectivity index (χ0) is 32.6. The topological polar surface area (TPSA) is 86.8 Å². The van der Waals surface area contributed by atoms with Gasteiger partial charge in [0.05, 0.1) is 10.6 Å². The van der Waals surface area contributed by atoms with E-state index in [1.165, 1.54) is 29.2 Å². The summed E-state index contributed by atoms with van der Waals surface area (Å²) in [4.78, 5) is 29.9. The lowest BCUT2D eigenvalue weighted by atomic mass is 10.0. The minimum atomic E-state index is -4.20. The molecule has 4 aromatic rings. The summed E-state index contributed by atoms with van der Waals surface area (Å²) in [5, 5.41) is 3.45. The van der Waals surface area contributed by atoms with Crippen LogP contribution in [0.1, 0.15) is 42.5 Å². The zero-order valence-corrected chi connectivity index (χ0v) is 27.7. The number of nitrogens with zero attached hydrogens (tertiary/aromatic N) is 2. The average molecular weight is 646 g/mol. The first-order valence-electron chi connectivity index (χ1n) is 15.0. The van der Waals surface area contributed by atoms with Gasteiger partial charge in [0.15, 0.2) is 0 Å². The predicted molar refractivity (Wildman–Crippen MR) is 181 cm³/mol. The summed E-state index contributed by atoms with van der Waals surface area (Å²) in [5.74, 6) is -0.800. The third kappa shape index (κ3) is 8.74. The third-order valence-corrected chi connectivity index (χ3v) is 9.97. The Kier molecular flexibility index (Phi) is 11.4. The third-order valence-electron chi connectivity index (χ3n) is 7.93. The molecule has 0 heterocycles. The van der Waals surface area contributed by atoms with Crippen molar-refractivity contribution in [3.05, 3.63) is 130 Å². The lowest BCUT2D eigenvalue weighted by Crippen LogP contribution is -2.54. The first-order valence-corrected chi connectivity index (χ1v) is 16.8. The van der Waals surface area contributed by atoms with Crippen molar-refractivity contribution in [2.45, 2.75) is 64.1 Å². The van der Waals surface area contributed by atoms with Crippen molar-refractivity contribution < 1.29 is 18.0 Å². The van der Waals surface area contributed by atoms with Crippen LogP contribution in [-0.2, 0) is 32.6 Å². The molecule has 0 aliphatic heterocycles. The van der Waals surface area contributed by atoms with E-state index in [-0.39, 0.29) is 29.8 Å². The summed E-state index contributed by atoms with van der Waals surface area (Å²) < 4.78 is 29.5. The number of carbonyl (C=O) groups excluding carboxylic acids is 2. The van der Waals surface area contributed by atoms with E-state index in [2.05, 4.69) is 5.32 Å². The Morgan fingerprint density at radius 2 is 1.42 bits per heavy atom. The maximum Gasteiger partial charge on any atom is 0.264 e. The number of benzene rings is 4. The largest absolute Gasteiger partial charge is 0.352 e. The molecule has 0 saturated carbocycles. The highest BCUT2D eigenvalue weighted by Crippen LogP contribution is 2.27. The number of halogens is 1. The summed E-state index contributed by atoms with van der Waals surface area (Å²) in [7, 11) is -4.20. The highest BCUT2D eigenvalue weighted by molar-refractivity contribution is 7.92. The van der Waals surface area contributed by atoms with Gasteiger partial charge in [-0.1, -0.05) is 85.3 Å². The first kappa shape index (κ1) is 33.7. The Labute approximate surface area is 271 Å². The number of anilines is 1. The minimum absolute atomic E-state index is 0.00267. The number of amides is 2. The van der Waals surface area contributed by atoms with Crippen molar-refractivity contribution in [2.24, 2.45) is 0 Å². The molecule has 1 N–H and O–H groups in total. The van der Waals surface area contributed by atoms with Crippen LogP contribution >= 0.6 is 11.6 Å². The van der Waals surface area contributed by atoms with Gasteiger partial charge in [-0.15, -0.1) is 0 Å². The minimum Gasteiger partial charge on any atom is -0.352 e. The van der Waals surface area contributed by atoms with E-state index >= 15 is 0 Å². The zero-order valence-electron chi connectivity index (χ0n) is 26.1. The second kappa shape index (κ2) is 15.2. The summed E-state index contributed by atoms with van der Waals surface area (Å²) in [5.41, 5.74) is 3.92. The lowest BCUT2D eigenvalue weighted by Gasteiger charge is -2.34. The van der Waals surface area contributed by atoms with E-state index < -0.39 is 28.5 Å². The van der Waals surface area contributed by atoms with Crippen LogP contribution in [-0.4, -0.2) is 43.8 Å². The second-order valence-electron chi connectivity index (χ2n) is 11.3. The van der Waals surface area contributed by atoms with Gasteiger partial charge in [-0.3, -0.25) is 13.9 Å². The van der Waals surface area contributed by atoms with Crippen LogP contribution in [0.5, 0.6) is 0 Å². The number of rotatable bonds is 13. The highest BCUT2D eigenvalue weighted by atomic mass is 35.5. The Morgan fingerprint density at radius 1 is 0.822 bits per heavy atom. The molecule has 7 nitrogen and oxygen atoms in total. The number of carbonyl (C=O) groups is 2. The molecule has 0 radical (unpaired) electrons. The lowest BCUT2D eigenvalue weighted by molar-refractivity contribution is -0.140. The van der Waals surface area contributed by atoms with Crippen molar-refractivity contribution in [2.75, 3.05) is 10.8 Å². The Hall–Kier alpha value is -4.14. The fourth-order valence-corrected chi connectivity index (χ4v) is 6.45. The standard InChI is InChI=1S/C36H40ClN3O4S/c1-5-28(4)38-36(42)34(23-29-12-8-6-9-13-29)39(24-30-14-10-7-11-15-30)35(41)25-40(32-19-16-26(2)27(3)22-32)45(43,44)33-20-17-31(37)18-21-33/h6-22,28,34H,5,23-25H2,1-4H3,(H,38,42). The molecule has 2 unspecified atom stereocenters. The van der Waals surface area contributed by atoms with Gasteiger partial charge in [-0.05, 0) is 85.8 Å². The molecule has 9 heteroatoms. The fraction of sp³-hybridized carbons (Fsp3) is 0.278. The molecule has 2 amide bonds. The van der Waals surface area contributed by atoms with Gasteiger partial charge in [0.1, 0.15) is 12.6 Å². The Bertz CT molecular complexity index is 1700. The van der Waals surface area contributed by atoms with Gasteiger partial charge in [-0.25, -0.2) is 8.42 Å². The molecule has 4 rings (SSSR count). The summed E-state index contributed by atoms with van der Waals surface area (Å²) in [6.45, 7) is 7.34. The quantitative estimate of drug-likeness (QED) is 0.175. The van der Waals surface area contributed by atoms with E-state index in [9.17, 15) is 18.0 Å². The van der Waals surface area contributed by atoms with Crippen LogP contribution < -0.4 is 9.62 Å². The molecule has 0 aliphatic rings. The van der Waals surface area contributed by atoms with E-state index in [0.717, 1.165) is 33.0 Å². The first-order chi connectivity index (χ1) is 21.5. The van der Waals surface area contributed by atoms with E-state index in [1.54, 1.807) is 12.1 Å². The van der Waals surface area contributed by atoms with Crippen LogP contribution in [0.3, 0.4) is 0 Å². The number of hydrogen-bond acceptors (Lipinski definition) is 4. The van der Waals surface area contributed by atoms with Gasteiger partial charge in [-0.2, -0.15) is 0 Å². The predicted octanol–water partition coefficient (Wildman–Crippen LogP) is 6.71. The van der Waals surface area contributed by atoms with Crippen LogP contribution in [0, 0.1) is 13.8 Å². The molecule has 4 aromatic carbocycles. The van der Waals surface area contributed by atoms with Gasteiger partial charge in [0.2, 0.25) is 11.8 Å². The molecular formula is C36H40ClN3O4S. The normalized spacial score (nSPS) is 12.6. The number of nitrogens with one attached hydrogen (secondary N) is 1. The molecule has 0 spiro atoms. The molecule has 0 fully saturated rings. The maximum absolute atomic E-state index is 14.5. The molecule has 236 valence electrons. The Balaban J connectivity index is 1.81. The summed E-state index contributed by atoms with van der Waals surface area (Å²) in [6, 6.07) is 29.1. The van der Waals surface area contributed by atoms with E-state index in [0.29, 0.717) is 10.7 Å². The molecule has 45 heavy (non-hydrogen) atoms. The van der Waals surface area contributed by atoms with E-state index in [1.807, 2.05) is 94.4 Å². The van der Waals surface area contributed by atoms with E-state index in [4.69, 9.17) is 11.6 Å². The fourth-order valence-electron chi connectivity index (χ4n) is 4.92. The monoisotopic (exact) mass is 645 g/mol. The van der Waals surface area contributed by atoms with Crippen LogP contribution in [0.4, 0.5) is 5.69 Å². The number of sulfonamides is 1. The van der Waals surface area contributed by atoms with Gasteiger partial charge < -0.3 is 10.2 Å². The second-order valence-corrected chi connectivity index (χ2v) is 13.6. The van der Waals surface area contributed by atoms with Crippen molar-refractivity contribution in [1.29, 1.82) is 0 Å². The highest BCUT2D eigenvalue weighted by Gasteiger charge is 2.35. The van der Waals surface area contributed by atoms with Crippen LogP contribution in [0.15, 0.2) is 108 Å². The average Bonchev–Trinajstić information content (AvgIpc) is 3.03. The van der Waals surface area contributed by atoms with Gasteiger partial charge >= 0.3 is 0 Å².